The molecule has 0 aliphatic carbocycles. The molecular formula is C13H19N3S. The molecule has 1 fully saturated rings. The van der Waals surface area contributed by atoms with Gasteiger partial charge in [0.2, 0.25) is 0 Å². The van der Waals surface area contributed by atoms with Crippen LogP contribution in [0.25, 0.3) is 0 Å². The molecule has 3 N–H and O–H groups in total. The van der Waals surface area contributed by atoms with Gasteiger partial charge in [-0.2, -0.15) is 0 Å². The monoisotopic (exact) mass is 249 g/mol. The second-order valence-electron chi connectivity index (χ2n) is 4.52. The SMILES string of the molecule is NC(=S)Nc1ccc(CN2CCCCC2)cc1. The van der Waals surface area contributed by atoms with E-state index in [1.807, 2.05) is 12.1 Å². The largest absolute Gasteiger partial charge is 0.376 e. The van der Waals surface area contributed by atoms with Crippen molar-refractivity contribution in [3.63, 3.8) is 0 Å². The summed E-state index contributed by atoms with van der Waals surface area (Å²) in [6.07, 6.45) is 4.05. The van der Waals surface area contributed by atoms with Gasteiger partial charge in [-0.05, 0) is 55.8 Å². The molecular weight excluding hydrogens is 230 g/mol. The van der Waals surface area contributed by atoms with Gasteiger partial charge in [0.05, 0.1) is 0 Å². The number of thiocarbonyl (C=S) groups is 1. The fourth-order valence-corrected chi connectivity index (χ4v) is 2.33. The first kappa shape index (κ1) is 12.3. The van der Waals surface area contributed by atoms with Gasteiger partial charge >= 0.3 is 0 Å². The molecule has 1 saturated heterocycles. The zero-order chi connectivity index (χ0) is 12.1. The van der Waals surface area contributed by atoms with E-state index in [4.69, 9.17) is 18.0 Å². The molecule has 0 amide bonds. The van der Waals surface area contributed by atoms with Crippen molar-refractivity contribution in [1.82, 2.24) is 4.90 Å². The van der Waals surface area contributed by atoms with Crippen molar-refractivity contribution in [2.45, 2.75) is 25.8 Å². The number of piperidine rings is 1. The summed E-state index contributed by atoms with van der Waals surface area (Å²) in [5, 5.41) is 3.24. The molecule has 0 spiro atoms. The summed E-state index contributed by atoms with van der Waals surface area (Å²) in [5.74, 6) is 0. The third-order valence-electron chi connectivity index (χ3n) is 3.08. The zero-order valence-electron chi connectivity index (χ0n) is 9.98. The van der Waals surface area contributed by atoms with E-state index >= 15 is 0 Å². The van der Waals surface area contributed by atoms with E-state index in [1.54, 1.807) is 0 Å². The number of likely N-dealkylation sites (tertiary alicyclic amines) is 1. The first-order valence-corrected chi connectivity index (χ1v) is 6.52. The number of nitrogens with two attached hydrogens (primary N) is 1. The fourth-order valence-electron chi connectivity index (χ4n) is 2.21. The van der Waals surface area contributed by atoms with Gasteiger partial charge in [-0.15, -0.1) is 0 Å². The highest BCUT2D eigenvalue weighted by Gasteiger charge is 2.09. The molecule has 1 aliphatic rings. The first-order valence-electron chi connectivity index (χ1n) is 6.12. The number of hydrogen-bond donors (Lipinski definition) is 2. The summed E-state index contributed by atoms with van der Waals surface area (Å²) in [7, 11) is 0. The van der Waals surface area contributed by atoms with Crippen LogP contribution in [0.4, 0.5) is 5.69 Å². The Morgan fingerprint density at radius 2 is 1.82 bits per heavy atom. The Morgan fingerprint density at radius 1 is 1.18 bits per heavy atom. The average molecular weight is 249 g/mol. The number of anilines is 1. The van der Waals surface area contributed by atoms with Crippen LogP contribution in [0.3, 0.4) is 0 Å². The van der Waals surface area contributed by atoms with Gasteiger partial charge in [0.15, 0.2) is 5.11 Å². The molecule has 0 saturated carbocycles. The molecule has 3 nitrogen and oxygen atoms in total. The van der Waals surface area contributed by atoms with Crippen LogP contribution in [0.2, 0.25) is 0 Å². The van der Waals surface area contributed by atoms with Crippen LogP contribution >= 0.6 is 12.2 Å². The van der Waals surface area contributed by atoms with Gasteiger partial charge in [-0.25, -0.2) is 0 Å². The van der Waals surface area contributed by atoms with Crippen molar-refractivity contribution >= 4 is 23.0 Å². The van der Waals surface area contributed by atoms with Gasteiger partial charge in [0.1, 0.15) is 0 Å². The predicted octanol–water partition coefficient (Wildman–Crippen LogP) is 2.33. The van der Waals surface area contributed by atoms with Crippen molar-refractivity contribution in [1.29, 1.82) is 0 Å². The lowest BCUT2D eigenvalue weighted by molar-refractivity contribution is 0.221. The number of nitrogens with one attached hydrogen (secondary N) is 1. The minimum atomic E-state index is 0.314. The van der Waals surface area contributed by atoms with Crippen molar-refractivity contribution in [3.05, 3.63) is 29.8 Å². The van der Waals surface area contributed by atoms with Gasteiger partial charge < -0.3 is 11.1 Å². The van der Waals surface area contributed by atoms with Crippen molar-refractivity contribution in [3.8, 4) is 0 Å². The maximum atomic E-state index is 5.42. The third-order valence-corrected chi connectivity index (χ3v) is 3.18. The van der Waals surface area contributed by atoms with Gasteiger partial charge in [-0.1, -0.05) is 18.6 Å². The quantitative estimate of drug-likeness (QED) is 0.807. The lowest BCUT2D eigenvalue weighted by Crippen LogP contribution is -2.29. The average Bonchev–Trinajstić information content (AvgIpc) is 2.32. The topological polar surface area (TPSA) is 41.3 Å². The number of nitrogens with zero attached hydrogens (tertiary/aromatic N) is 1. The molecule has 0 bridgehead atoms. The molecule has 17 heavy (non-hydrogen) atoms. The second-order valence-corrected chi connectivity index (χ2v) is 4.96. The van der Waals surface area contributed by atoms with Crippen molar-refractivity contribution in [2.75, 3.05) is 18.4 Å². The normalized spacial score (nSPS) is 16.7. The molecule has 92 valence electrons. The van der Waals surface area contributed by atoms with E-state index in [0.29, 0.717) is 5.11 Å². The number of benzene rings is 1. The fraction of sp³-hybridized carbons (Fsp3) is 0.462. The highest BCUT2D eigenvalue weighted by atomic mass is 32.1. The van der Waals surface area contributed by atoms with Crippen LogP contribution < -0.4 is 11.1 Å². The molecule has 1 aromatic rings. The van der Waals surface area contributed by atoms with Crippen LogP contribution in [-0.4, -0.2) is 23.1 Å². The van der Waals surface area contributed by atoms with Gasteiger partial charge in [-0.3, -0.25) is 4.90 Å². The highest BCUT2D eigenvalue weighted by molar-refractivity contribution is 7.80. The Kier molecular flexibility index (Phi) is 4.34. The summed E-state index contributed by atoms with van der Waals surface area (Å²) < 4.78 is 0. The molecule has 0 radical (unpaired) electrons. The lowest BCUT2D eigenvalue weighted by Gasteiger charge is -2.26. The first-order chi connectivity index (χ1) is 8.24. The van der Waals surface area contributed by atoms with E-state index in [2.05, 4.69) is 22.3 Å². The van der Waals surface area contributed by atoms with E-state index in [-0.39, 0.29) is 0 Å². The van der Waals surface area contributed by atoms with Gasteiger partial charge in [0, 0.05) is 12.2 Å². The van der Waals surface area contributed by atoms with E-state index in [0.717, 1.165) is 12.2 Å². The molecule has 1 heterocycles. The number of hydrogen-bond acceptors (Lipinski definition) is 2. The standard InChI is InChI=1S/C13H19N3S/c14-13(17)15-12-6-4-11(5-7-12)10-16-8-2-1-3-9-16/h4-7H,1-3,8-10H2,(H3,14,15,17). The van der Waals surface area contributed by atoms with E-state index < -0.39 is 0 Å². The molecule has 2 rings (SSSR count). The minimum Gasteiger partial charge on any atom is -0.376 e. The van der Waals surface area contributed by atoms with Crippen LogP contribution in [0.15, 0.2) is 24.3 Å². The molecule has 0 unspecified atom stereocenters. The Bertz CT molecular complexity index is 369. The molecule has 1 aromatic carbocycles. The molecule has 0 aromatic heterocycles. The lowest BCUT2D eigenvalue weighted by atomic mass is 10.1. The van der Waals surface area contributed by atoms with E-state index in [9.17, 15) is 0 Å². The summed E-state index contributed by atoms with van der Waals surface area (Å²) in [6.45, 7) is 3.51. The number of rotatable bonds is 3. The maximum absolute atomic E-state index is 5.42. The Balaban J connectivity index is 1.90. The Labute approximate surface area is 108 Å². The zero-order valence-corrected chi connectivity index (χ0v) is 10.8. The molecule has 1 aliphatic heterocycles. The Morgan fingerprint density at radius 3 is 2.41 bits per heavy atom. The van der Waals surface area contributed by atoms with Crippen molar-refractivity contribution < 1.29 is 0 Å². The molecule has 4 heteroatoms. The van der Waals surface area contributed by atoms with Gasteiger partial charge in [0.25, 0.3) is 0 Å². The summed E-state index contributed by atoms with van der Waals surface area (Å²) >= 11 is 4.80. The van der Waals surface area contributed by atoms with E-state index in [1.165, 1.54) is 37.9 Å². The summed E-state index contributed by atoms with van der Waals surface area (Å²) in [6, 6.07) is 8.32. The highest BCUT2D eigenvalue weighted by Crippen LogP contribution is 2.15. The minimum absolute atomic E-state index is 0.314. The Hall–Kier alpha value is -1.13. The summed E-state index contributed by atoms with van der Waals surface area (Å²) in [4.78, 5) is 2.51. The van der Waals surface area contributed by atoms with Crippen LogP contribution in [-0.2, 0) is 6.54 Å². The summed E-state index contributed by atoms with van der Waals surface area (Å²) in [5.41, 5.74) is 7.73. The van der Waals surface area contributed by atoms with Crippen LogP contribution in [0.1, 0.15) is 24.8 Å². The maximum Gasteiger partial charge on any atom is 0.168 e. The third kappa shape index (κ3) is 3.98. The van der Waals surface area contributed by atoms with Crippen molar-refractivity contribution in [2.24, 2.45) is 5.73 Å². The predicted molar refractivity (Wildman–Crippen MR) is 76.0 cm³/mol. The molecule has 0 atom stereocenters. The van der Waals surface area contributed by atoms with Crippen LogP contribution in [0.5, 0.6) is 0 Å². The second kappa shape index (κ2) is 5.98. The van der Waals surface area contributed by atoms with Crippen LogP contribution in [0, 0.1) is 0 Å². The smallest absolute Gasteiger partial charge is 0.168 e.